The molecule has 0 saturated carbocycles. The fraction of sp³-hybridized carbons (Fsp3) is 0.526. The number of carbonyl (C=O) groups excluding carboxylic acids is 4. The number of aliphatic carboxylic acids is 2. The van der Waals surface area contributed by atoms with Crippen LogP contribution in [0.3, 0.4) is 0 Å². The normalized spacial score (nSPS) is 15.1. The maximum absolute atomic E-state index is 12.7. The predicted octanol–water partition coefficient (Wildman–Crippen LogP) is -4.06. The number of aromatic nitrogens is 2. The van der Waals surface area contributed by atoms with Crippen molar-refractivity contribution in [2.24, 2.45) is 11.5 Å². The number of carbonyl (C=O) groups is 6. The van der Waals surface area contributed by atoms with Crippen molar-refractivity contribution >= 4 is 35.6 Å². The van der Waals surface area contributed by atoms with Crippen LogP contribution in [0.1, 0.15) is 31.9 Å². The van der Waals surface area contributed by atoms with Gasteiger partial charge in [-0.2, -0.15) is 0 Å². The topological polar surface area (TPSA) is 280 Å². The molecule has 5 unspecified atom stereocenters. The molecule has 0 radical (unpaired) electrons. The summed E-state index contributed by atoms with van der Waals surface area (Å²) >= 11 is 0. The highest BCUT2D eigenvalue weighted by Gasteiger charge is 2.33. The van der Waals surface area contributed by atoms with Gasteiger partial charge < -0.3 is 47.7 Å². The molecule has 0 aliphatic rings. The van der Waals surface area contributed by atoms with Crippen molar-refractivity contribution in [3.05, 3.63) is 18.2 Å². The largest absolute Gasteiger partial charge is 0.481 e. The highest BCUT2D eigenvalue weighted by molar-refractivity contribution is 5.96. The number of aliphatic hydroxyl groups excluding tert-OH is 1. The average Bonchev–Trinajstić information content (AvgIpc) is 3.26. The molecule has 1 rings (SSSR count). The van der Waals surface area contributed by atoms with Crippen molar-refractivity contribution in [2.75, 3.05) is 0 Å². The van der Waals surface area contributed by atoms with Crippen LogP contribution in [0.2, 0.25) is 0 Å². The Morgan fingerprint density at radius 1 is 1.03 bits per heavy atom. The number of H-pyrrole nitrogens is 1. The number of amides is 4. The van der Waals surface area contributed by atoms with E-state index in [1.54, 1.807) is 0 Å². The van der Waals surface area contributed by atoms with E-state index in [4.69, 9.17) is 16.6 Å². The third-order valence-corrected chi connectivity index (χ3v) is 4.70. The van der Waals surface area contributed by atoms with Crippen molar-refractivity contribution in [1.29, 1.82) is 0 Å². The van der Waals surface area contributed by atoms with Crippen LogP contribution >= 0.6 is 0 Å². The summed E-state index contributed by atoms with van der Waals surface area (Å²) < 4.78 is 0. The number of nitrogens with two attached hydrogens (primary N) is 2. The van der Waals surface area contributed by atoms with Gasteiger partial charge in [-0.05, 0) is 13.3 Å². The molecule has 11 N–H and O–H groups in total. The standard InChI is InChI=1S/C19H29N7O9/c1-8(27)15(18(33)25-12(19(34)35)4-9-6-22-7-23-9)26-17(32)11(5-13(21)28)24-16(31)10(20)2-3-14(29)30/h6-8,10-12,15,27H,2-5,20H2,1H3,(H2,21,28)(H,22,23)(H,24,31)(H,25,33)(H,26,32)(H,29,30)(H,34,35). The van der Waals surface area contributed by atoms with Gasteiger partial charge in [-0.25, -0.2) is 9.78 Å². The summed E-state index contributed by atoms with van der Waals surface area (Å²) in [6.07, 6.45) is -0.384. The molecule has 0 spiro atoms. The summed E-state index contributed by atoms with van der Waals surface area (Å²) in [5.74, 6) is -6.67. The molecule has 16 nitrogen and oxygen atoms in total. The Morgan fingerprint density at radius 3 is 2.14 bits per heavy atom. The van der Waals surface area contributed by atoms with E-state index in [-0.39, 0.29) is 12.8 Å². The molecule has 0 aliphatic heterocycles. The van der Waals surface area contributed by atoms with Gasteiger partial charge in [-0.3, -0.25) is 24.0 Å². The zero-order valence-corrected chi connectivity index (χ0v) is 18.8. The van der Waals surface area contributed by atoms with Crippen LogP contribution in [-0.2, 0) is 35.2 Å². The fourth-order valence-corrected chi connectivity index (χ4v) is 2.84. The number of carboxylic acid groups (broad SMARTS) is 2. The van der Waals surface area contributed by atoms with E-state index in [0.717, 1.165) is 6.92 Å². The summed E-state index contributed by atoms with van der Waals surface area (Å²) in [5, 5.41) is 34.6. The summed E-state index contributed by atoms with van der Waals surface area (Å²) in [5.41, 5.74) is 11.1. The summed E-state index contributed by atoms with van der Waals surface area (Å²) in [4.78, 5) is 77.6. The van der Waals surface area contributed by atoms with Crippen LogP contribution in [0.25, 0.3) is 0 Å². The van der Waals surface area contributed by atoms with E-state index >= 15 is 0 Å². The molecule has 0 bridgehead atoms. The van der Waals surface area contributed by atoms with Crippen LogP contribution in [0, 0.1) is 0 Å². The summed E-state index contributed by atoms with van der Waals surface area (Å²) in [7, 11) is 0. The number of nitrogens with zero attached hydrogens (tertiary/aromatic N) is 1. The Kier molecular flexibility index (Phi) is 11.3. The van der Waals surface area contributed by atoms with Crippen molar-refractivity contribution in [3.8, 4) is 0 Å². The number of primary amides is 1. The van der Waals surface area contributed by atoms with Crippen molar-refractivity contribution < 1.29 is 44.1 Å². The van der Waals surface area contributed by atoms with Crippen LogP contribution < -0.4 is 27.4 Å². The molecule has 0 fully saturated rings. The lowest BCUT2D eigenvalue weighted by Crippen LogP contribution is -2.60. The second-order valence-electron chi connectivity index (χ2n) is 7.68. The molecular weight excluding hydrogens is 470 g/mol. The number of aromatic amines is 1. The smallest absolute Gasteiger partial charge is 0.326 e. The lowest BCUT2D eigenvalue weighted by atomic mass is 10.1. The highest BCUT2D eigenvalue weighted by Crippen LogP contribution is 2.04. The minimum absolute atomic E-state index is 0.170. The van der Waals surface area contributed by atoms with Crippen molar-refractivity contribution in [3.63, 3.8) is 0 Å². The number of hydrogen-bond donors (Lipinski definition) is 9. The van der Waals surface area contributed by atoms with E-state index in [2.05, 4.69) is 25.9 Å². The van der Waals surface area contributed by atoms with Gasteiger partial charge in [0.05, 0.1) is 24.9 Å². The lowest BCUT2D eigenvalue weighted by Gasteiger charge is -2.26. The van der Waals surface area contributed by atoms with Crippen LogP contribution in [0.15, 0.2) is 12.5 Å². The first-order chi connectivity index (χ1) is 16.3. The van der Waals surface area contributed by atoms with Gasteiger partial charge in [0.15, 0.2) is 0 Å². The van der Waals surface area contributed by atoms with Gasteiger partial charge >= 0.3 is 11.9 Å². The Hall–Kier alpha value is -4.05. The maximum atomic E-state index is 12.7. The molecule has 0 aromatic carbocycles. The lowest BCUT2D eigenvalue weighted by molar-refractivity contribution is -0.143. The highest BCUT2D eigenvalue weighted by atomic mass is 16.4. The number of carboxylic acids is 2. The predicted molar refractivity (Wildman–Crippen MR) is 116 cm³/mol. The van der Waals surface area contributed by atoms with Gasteiger partial charge in [0, 0.05) is 24.7 Å². The fourth-order valence-electron chi connectivity index (χ4n) is 2.84. The first-order valence-corrected chi connectivity index (χ1v) is 10.4. The molecule has 0 aliphatic carbocycles. The van der Waals surface area contributed by atoms with Gasteiger partial charge in [-0.15, -0.1) is 0 Å². The quantitative estimate of drug-likeness (QED) is 0.112. The Bertz CT molecular complexity index is 920. The molecule has 35 heavy (non-hydrogen) atoms. The number of aliphatic hydroxyl groups is 1. The van der Waals surface area contributed by atoms with E-state index in [0.29, 0.717) is 5.69 Å². The maximum Gasteiger partial charge on any atom is 0.326 e. The summed E-state index contributed by atoms with van der Waals surface area (Å²) in [6, 6.07) is -6.03. The van der Waals surface area contributed by atoms with E-state index in [9.17, 15) is 39.0 Å². The minimum atomic E-state index is -1.67. The number of rotatable bonds is 15. The zero-order chi connectivity index (χ0) is 26.7. The van der Waals surface area contributed by atoms with E-state index in [1.165, 1.54) is 12.5 Å². The molecule has 194 valence electrons. The molecule has 4 amide bonds. The molecule has 16 heteroatoms. The second kappa shape index (κ2) is 13.6. The average molecular weight is 499 g/mol. The monoisotopic (exact) mass is 499 g/mol. The van der Waals surface area contributed by atoms with Crippen LogP contribution in [-0.4, -0.2) is 91.1 Å². The molecule has 0 saturated heterocycles. The first kappa shape index (κ1) is 29.0. The number of nitrogens with one attached hydrogen (secondary N) is 4. The second-order valence-corrected chi connectivity index (χ2v) is 7.68. The molecular formula is C19H29N7O9. The zero-order valence-electron chi connectivity index (χ0n) is 18.8. The molecule has 1 aromatic rings. The third kappa shape index (κ3) is 10.2. The Labute approximate surface area is 198 Å². The third-order valence-electron chi connectivity index (χ3n) is 4.70. The van der Waals surface area contributed by atoms with Crippen LogP contribution in [0.5, 0.6) is 0 Å². The van der Waals surface area contributed by atoms with Crippen LogP contribution in [0.4, 0.5) is 0 Å². The summed E-state index contributed by atoms with van der Waals surface area (Å²) in [6.45, 7) is 1.15. The van der Waals surface area contributed by atoms with Gasteiger partial charge in [0.25, 0.3) is 0 Å². The van der Waals surface area contributed by atoms with E-state index < -0.39 is 78.7 Å². The van der Waals surface area contributed by atoms with Crippen molar-refractivity contribution in [1.82, 2.24) is 25.9 Å². The Morgan fingerprint density at radius 2 is 1.66 bits per heavy atom. The van der Waals surface area contributed by atoms with Gasteiger partial charge in [0.2, 0.25) is 23.6 Å². The molecule has 1 heterocycles. The molecule has 5 atom stereocenters. The van der Waals surface area contributed by atoms with Crippen molar-refractivity contribution in [2.45, 2.75) is 62.9 Å². The Balaban J connectivity index is 2.92. The number of imidazole rings is 1. The minimum Gasteiger partial charge on any atom is -0.481 e. The van der Waals surface area contributed by atoms with E-state index in [1.807, 2.05) is 0 Å². The van der Waals surface area contributed by atoms with Gasteiger partial charge in [-0.1, -0.05) is 0 Å². The number of hydrogen-bond acceptors (Lipinski definition) is 9. The van der Waals surface area contributed by atoms with Gasteiger partial charge in [0.1, 0.15) is 18.1 Å². The first-order valence-electron chi connectivity index (χ1n) is 10.4. The SMILES string of the molecule is CC(O)C(NC(=O)C(CC(N)=O)NC(=O)C(N)CCC(=O)O)C(=O)NC(Cc1cnc[nH]1)C(=O)O. The molecule has 1 aromatic heterocycles.